The summed E-state index contributed by atoms with van der Waals surface area (Å²) in [7, 11) is 3.23. The van der Waals surface area contributed by atoms with Crippen LogP contribution in [0.25, 0.3) is 0 Å². The molecule has 6 rings (SSSR count). The van der Waals surface area contributed by atoms with Crippen molar-refractivity contribution in [1.29, 1.82) is 0 Å². The maximum absolute atomic E-state index is 6.50. The van der Waals surface area contributed by atoms with Crippen molar-refractivity contribution in [3.05, 3.63) is 35.4 Å². The Morgan fingerprint density at radius 2 is 1.50 bits per heavy atom. The smallest absolute Gasteiger partial charge is 0.231 e. The van der Waals surface area contributed by atoms with Gasteiger partial charge in [-0.05, 0) is 24.1 Å². The van der Waals surface area contributed by atoms with Gasteiger partial charge in [0, 0.05) is 5.92 Å². The van der Waals surface area contributed by atoms with Crippen LogP contribution in [0.4, 0.5) is 0 Å². The second kappa shape index (κ2) is 6.85. The van der Waals surface area contributed by atoms with Gasteiger partial charge in [-0.1, -0.05) is 12.1 Å². The molecule has 4 atom stereocenters. The Morgan fingerprint density at radius 3 is 2.13 bits per heavy atom. The third kappa shape index (κ3) is 2.53. The number of benzene rings is 2. The lowest BCUT2D eigenvalue weighted by Gasteiger charge is -2.22. The van der Waals surface area contributed by atoms with E-state index in [1.807, 2.05) is 12.1 Å². The first kappa shape index (κ1) is 18.0. The molecule has 4 heterocycles. The maximum atomic E-state index is 6.50. The Hall–Kier alpha value is -2.84. The van der Waals surface area contributed by atoms with Crippen molar-refractivity contribution < 1.29 is 37.9 Å². The summed E-state index contributed by atoms with van der Waals surface area (Å²) in [4.78, 5) is 0. The van der Waals surface area contributed by atoms with Crippen LogP contribution in [0.5, 0.6) is 34.5 Å². The van der Waals surface area contributed by atoms with E-state index in [-0.39, 0.29) is 37.8 Å². The summed E-state index contributed by atoms with van der Waals surface area (Å²) in [5, 5.41) is 0. The van der Waals surface area contributed by atoms with Crippen LogP contribution in [0.15, 0.2) is 24.3 Å². The lowest BCUT2D eigenvalue weighted by atomic mass is 9.93. The molecule has 0 radical (unpaired) electrons. The third-order valence-corrected chi connectivity index (χ3v) is 6.19. The normalized spacial score (nSPS) is 27.9. The van der Waals surface area contributed by atoms with Crippen LogP contribution in [-0.4, -0.2) is 40.5 Å². The molecule has 0 N–H and O–H groups in total. The van der Waals surface area contributed by atoms with Crippen LogP contribution < -0.4 is 28.4 Å². The molecule has 158 valence electrons. The van der Waals surface area contributed by atoms with E-state index in [2.05, 4.69) is 12.1 Å². The predicted molar refractivity (Wildman–Crippen MR) is 103 cm³/mol. The summed E-state index contributed by atoms with van der Waals surface area (Å²) in [6, 6.07) is 8.02. The van der Waals surface area contributed by atoms with Crippen molar-refractivity contribution in [1.82, 2.24) is 0 Å². The molecular weight excluding hydrogens is 392 g/mol. The van der Waals surface area contributed by atoms with Crippen LogP contribution in [0.2, 0.25) is 0 Å². The van der Waals surface area contributed by atoms with E-state index >= 15 is 0 Å². The lowest BCUT2D eigenvalue weighted by molar-refractivity contribution is -0.0302. The van der Waals surface area contributed by atoms with Crippen molar-refractivity contribution in [3.8, 4) is 34.5 Å². The van der Waals surface area contributed by atoms with Crippen LogP contribution in [-0.2, 0) is 9.47 Å². The Balaban J connectivity index is 1.35. The molecule has 4 aliphatic rings. The predicted octanol–water partition coefficient (Wildman–Crippen LogP) is 3.38. The molecule has 2 aromatic rings. The largest absolute Gasteiger partial charge is 0.497 e. The van der Waals surface area contributed by atoms with Gasteiger partial charge in [-0.3, -0.25) is 0 Å². The van der Waals surface area contributed by atoms with Crippen LogP contribution >= 0.6 is 0 Å². The minimum atomic E-state index is -0.338. The molecule has 0 aromatic heterocycles. The van der Waals surface area contributed by atoms with Crippen molar-refractivity contribution >= 4 is 0 Å². The van der Waals surface area contributed by atoms with Crippen LogP contribution in [0.1, 0.15) is 29.8 Å². The standard InChI is InChI=1S/C22H22O8/c1-23-13-5-3-11(4-6-13)14-7-12-8-25-17(16(12)30-14)15-18-21(28-9-26-18)20(24-2)22-19(15)27-10-29-22/h3-6,12,14,16-17H,7-10H2,1-2H3. The van der Waals surface area contributed by atoms with Crippen molar-refractivity contribution in [2.24, 2.45) is 5.92 Å². The van der Waals surface area contributed by atoms with E-state index in [9.17, 15) is 0 Å². The lowest BCUT2D eigenvalue weighted by Crippen LogP contribution is -2.19. The number of ether oxygens (including phenoxy) is 8. The molecule has 2 fully saturated rings. The fourth-order valence-corrected chi connectivity index (χ4v) is 4.79. The van der Waals surface area contributed by atoms with Crippen LogP contribution in [0.3, 0.4) is 0 Å². The van der Waals surface area contributed by atoms with Crippen LogP contribution in [0, 0.1) is 5.92 Å². The van der Waals surface area contributed by atoms with Gasteiger partial charge in [0.15, 0.2) is 11.5 Å². The Bertz CT molecular complexity index is 937. The zero-order valence-corrected chi connectivity index (χ0v) is 16.7. The molecule has 0 saturated carbocycles. The van der Waals surface area contributed by atoms with Gasteiger partial charge in [0.05, 0.1) is 38.6 Å². The van der Waals surface area contributed by atoms with Gasteiger partial charge in [-0.15, -0.1) is 0 Å². The second-order valence-corrected chi connectivity index (χ2v) is 7.69. The quantitative estimate of drug-likeness (QED) is 0.754. The first-order chi connectivity index (χ1) is 14.8. The van der Waals surface area contributed by atoms with E-state index in [1.54, 1.807) is 14.2 Å². The fraction of sp³-hybridized carbons (Fsp3) is 0.455. The summed E-state index contributed by atoms with van der Waals surface area (Å²) in [6.45, 7) is 0.828. The summed E-state index contributed by atoms with van der Waals surface area (Å²) in [5.74, 6) is 3.80. The molecular formula is C22H22O8. The highest BCUT2D eigenvalue weighted by Crippen LogP contribution is 2.61. The Morgan fingerprint density at radius 1 is 0.833 bits per heavy atom. The summed E-state index contributed by atoms with van der Waals surface area (Å²) < 4.78 is 46.4. The minimum Gasteiger partial charge on any atom is -0.497 e. The average Bonchev–Trinajstić information content (AvgIpc) is 3.55. The summed E-state index contributed by atoms with van der Waals surface area (Å²) in [5.41, 5.74) is 1.91. The van der Waals surface area contributed by atoms with Crippen molar-refractivity contribution in [2.75, 3.05) is 34.4 Å². The van der Waals surface area contributed by atoms with Gasteiger partial charge < -0.3 is 37.9 Å². The average molecular weight is 414 g/mol. The van der Waals surface area contributed by atoms with Gasteiger partial charge >= 0.3 is 0 Å². The number of fused-ring (bicyclic) bond motifs is 3. The summed E-state index contributed by atoms with van der Waals surface area (Å²) in [6.07, 6.45) is 0.441. The maximum Gasteiger partial charge on any atom is 0.231 e. The molecule has 8 heteroatoms. The molecule has 0 bridgehead atoms. The van der Waals surface area contributed by atoms with E-state index in [0.29, 0.717) is 35.4 Å². The van der Waals surface area contributed by atoms with Gasteiger partial charge in [0.2, 0.25) is 30.8 Å². The van der Waals surface area contributed by atoms with Crippen molar-refractivity contribution in [3.63, 3.8) is 0 Å². The molecule has 0 aliphatic carbocycles. The topological polar surface area (TPSA) is 73.8 Å². The van der Waals surface area contributed by atoms with Gasteiger partial charge in [-0.2, -0.15) is 0 Å². The van der Waals surface area contributed by atoms with E-state index in [4.69, 9.17) is 37.9 Å². The molecule has 0 amide bonds. The van der Waals surface area contributed by atoms with Gasteiger partial charge in [-0.25, -0.2) is 0 Å². The minimum absolute atomic E-state index is 0.00554. The molecule has 30 heavy (non-hydrogen) atoms. The molecule has 2 saturated heterocycles. The highest BCUT2D eigenvalue weighted by molar-refractivity contribution is 5.72. The number of methoxy groups -OCH3 is 2. The molecule has 0 spiro atoms. The first-order valence-corrected chi connectivity index (χ1v) is 9.98. The van der Waals surface area contributed by atoms with Gasteiger partial charge in [0.1, 0.15) is 11.9 Å². The van der Waals surface area contributed by atoms with Crippen molar-refractivity contribution in [2.45, 2.75) is 24.7 Å². The van der Waals surface area contributed by atoms with E-state index in [1.165, 1.54) is 0 Å². The van der Waals surface area contributed by atoms with E-state index < -0.39 is 0 Å². The zero-order chi connectivity index (χ0) is 20.2. The SMILES string of the molecule is COc1ccc(C2CC3COC(c4c5c(c(OC)c6c4OCO6)OCO5)C3O2)cc1. The van der Waals surface area contributed by atoms with Gasteiger partial charge in [0.25, 0.3) is 0 Å². The van der Waals surface area contributed by atoms with E-state index in [0.717, 1.165) is 23.3 Å². The molecule has 4 aliphatic heterocycles. The highest BCUT2D eigenvalue weighted by atomic mass is 16.7. The third-order valence-electron chi connectivity index (χ3n) is 6.19. The molecule has 8 nitrogen and oxygen atoms in total. The Kier molecular flexibility index (Phi) is 4.10. The fourth-order valence-electron chi connectivity index (χ4n) is 4.79. The number of rotatable bonds is 4. The Labute approximate surface area is 173 Å². The second-order valence-electron chi connectivity index (χ2n) is 7.69. The first-order valence-electron chi connectivity index (χ1n) is 9.98. The monoisotopic (exact) mass is 414 g/mol. The summed E-state index contributed by atoms with van der Waals surface area (Å²) >= 11 is 0. The molecule has 2 aromatic carbocycles. The number of hydrogen-bond donors (Lipinski definition) is 0. The zero-order valence-electron chi connectivity index (χ0n) is 16.7. The highest BCUT2D eigenvalue weighted by Gasteiger charge is 2.51. The molecule has 4 unspecified atom stereocenters. The number of hydrogen-bond acceptors (Lipinski definition) is 8.